The minimum Gasteiger partial charge on any atom is -0.496 e. The van der Waals surface area contributed by atoms with E-state index in [0.717, 1.165) is 11.1 Å². The molecule has 0 radical (unpaired) electrons. The zero-order valence-corrected chi connectivity index (χ0v) is 9.91. The quantitative estimate of drug-likeness (QED) is 0.791. The molecule has 0 aliphatic rings. The standard InChI is InChI=1S/C12H18N2O2/c1-8-4-5-11(16-3)9(6-8)10(7-13)12(15)14-2/h4-6,10H,7,13H2,1-3H3,(H,14,15). The third-order valence-electron chi connectivity index (χ3n) is 2.56. The smallest absolute Gasteiger partial charge is 0.228 e. The number of methoxy groups -OCH3 is 1. The summed E-state index contributed by atoms with van der Waals surface area (Å²) in [5.41, 5.74) is 7.56. The molecule has 0 bridgehead atoms. The van der Waals surface area contributed by atoms with E-state index < -0.39 is 0 Å². The molecular weight excluding hydrogens is 204 g/mol. The van der Waals surface area contributed by atoms with Crippen molar-refractivity contribution in [3.05, 3.63) is 29.3 Å². The molecule has 0 aliphatic carbocycles. The van der Waals surface area contributed by atoms with Gasteiger partial charge in [0.25, 0.3) is 0 Å². The number of amides is 1. The highest BCUT2D eigenvalue weighted by Gasteiger charge is 2.21. The first-order valence-corrected chi connectivity index (χ1v) is 5.20. The average Bonchev–Trinajstić information content (AvgIpc) is 2.30. The second-order valence-corrected chi connectivity index (χ2v) is 3.65. The van der Waals surface area contributed by atoms with Crippen LogP contribution in [0.15, 0.2) is 18.2 Å². The van der Waals surface area contributed by atoms with E-state index in [9.17, 15) is 4.79 Å². The van der Waals surface area contributed by atoms with E-state index in [-0.39, 0.29) is 18.4 Å². The van der Waals surface area contributed by atoms with Crippen LogP contribution in [-0.4, -0.2) is 26.6 Å². The van der Waals surface area contributed by atoms with Crippen molar-refractivity contribution in [2.75, 3.05) is 20.7 Å². The molecule has 4 heteroatoms. The van der Waals surface area contributed by atoms with Crippen molar-refractivity contribution in [3.63, 3.8) is 0 Å². The summed E-state index contributed by atoms with van der Waals surface area (Å²) in [7, 11) is 3.19. The summed E-state index contributed by atoms with van der Waals surface area (Å²) in [5, 5.41) is 2.61. The van der Waals surface area contributed by atoms with E-state index in [1.54, 1.807) is 14.2 Å². The fourth-order valence-corrected chi connectivity index (χ4v) is 1.68. The second-order valence-electron chi connectivity index (χ2n) is 3.65. The Morgan fingerprint density at radius 3 is 2.75 bits per heavy atom. The van der Waals surface area contributed by atoms with Crippen LogP contribution in [0.25, 0.3) is 0 Å². The Balaban J connectivity index is 3.17. The van der Waals surface area contributed by atoms with Crippen LogP contribution in [0.3, 0.4) is 0 Å². The van der Waals surface area contributed by atoms with Crippen molar-refractivity contribution < 1.29 is 9.53 Å². The van der Waals surface area contributed by atoms with Gasteiger partial charge >= 0.3 is 0 Å². The highest BCUT2D eigenvalue weighted by atomic mass is 16.5. The summed E-state index contributed by atoms with van der Waals surface area (Å²) in [6.45, 7) is 2.24. The van der Waals surface area contributed by atoms with Gasteiger partial charge in [0, 0.05) is 19.2 Å². The van der Waals surface area contributed by atoms with Crippen LogP contribution >= 0.6 is 0 Å². The van der Waals surface area contributed by atoms with Crippen LogP contribution in [0.2, 0.25) is 0 Å². The lowest BCUT2D eigenvalue weighted by Crippen LogP contribution is -2.31. The van der Waals surface area contributed by atoms with Gasteiger partial charge in [-0.1, -0.05) is 17.7 Å². The predicted octanol–water partition coefficient (Wildman–Crippen LogP) is 0.792. The summed E-state index contributed by atoms with van der Waals surface area (Å²) in [6.07, 6.45) is 0. The zero-order valence-electron chi connectivity index (χ0n) is 9.91. The largest absolute Gasteiger partial charge is 0.496 e. The van der Waals surface area contributed by atoms with E-state index in [2.05, 4.69) is 5.32 Å². The van der Waals surface area contributed by atoms with Gasteiger partial charge < -0.3 is 15.8 Å². The van der Waals surface area contributed by atoms with Crippen molar-refractivity contribution in [3.8, 4) is 5.75 Å². The number of nitrogens with two attached hydrogens (primary N) is 1. The molecule has 1 unspecified atom stereocenters. The van der Waals surface area contributed by atoms with Gasteiger partial charge in [0.2, 0.25) is 5.91 Å². The first-order chi connectivity index (χ1) is 7.63. The molecule has 0 spiro atoms. The third kappa shape index (κ3) is 2.52. The lowest BCUT2D eigenvalue weighted by Gasteiger charge is -2.17. The van der Waals surface area contributed by atoms with Gasteiger partial charge in [0.15, 0.2) is 0 Å². The maximum absolute atomic E-state index is 11.7. The summed E-state index contributed by atoms with van der Waals surface area (Å²) in [6, 6.07) is 5.74. The molecule has 1 aromatic rings. The summed E-state index contributed by atoms with van der Waals surface area (Å²) in [4.78, 5) is 11.7. The average molecular weight is 222 g/mol. The SMILES string of the molecule is CNC(=O)C(CN)c1cc(C)ccc1OC. The first-order valence-electron chi connectivity index (χ1n) is 5.20. The number of hydrogen-bond donors (Lipinski definition) is 2. The number of carbonyl (C=O) groups excluding carboxylic acids is 1. The van der Waals surface area contributed by atoms with Crippen LogP contribution in [0, 0.1) is 6.92 Å². The number of ether oxygens (including phenoxy) is 1. The van der Waals surface area contributed by atoms with Crippen LogP contribution in [-0.2, 0) is 4.79 Å². The van der Waals surface area contributed by atoms with Crippen LogP contribution in [0.1, 0.15) is 17.0 Å². The summed E-state index contributed by atoms with van der Waals surface area (Å²) in [5.74, 6) is 0.246. The Kier molecular flexibility index (Phi) is 4.31. The Hall–Kier alpha value is -1.55. The van der Waals surface area contributed by atoms with E-state index in [0.29, 0.717) is 5.75 Å². The minimum absolute atomic E-state index is 0.0913. The molecule has 0 aliphatic heterocycles. The first kappa shape index (κ1) is 12.5. The van der Waals surface area contributed by atoms with E-state index in [1.165, 1.54) is 0 Å². The lowest BCUT2D eigenvalue weighted by atomic mass is 9.95. The Morgan fingerprint density at radius 1 is 1.56 bits per heavy atom. The highest BCUT2D eigenvalue weighted by molar-refractivity contribution is 5.84. The number of aryl methyl sites for hydroxylation is 1. The fourth-order valence-electron chi connectivity index (χ4n) is 1.68. The van der Waals surface area contributed by atoms with Crippen molar-refractivity contribution in [1.82, 2.24) is 5.32 Å². The van der Waals surface area contributed by atoms with Crippen molar-refractivity contribution >= 4 is 5.91 Å². The molecule has 0 saturated heterocycles. The van der Waals surface area contributed by atoms with Crippen LogP contribution < -0.4 is 15.8 Å². The van der Waals surface area contributed by atoms with E-state index in [1.807, 2.05) is 25.1 Å². The molecule has 0 heterocycles. The molecule has 16 heavy (non-hydrogen) atoms. The Labute approximate surface area is 95.8 Å². The van der Waals surface area contributed by atoms with Crippen LogP contribution in [0.5, 0.6) is 5.75 Å². The number of nitrogens with one attached hydrogen (secondary N) is 1. The number of likely N-dealkylation sites (N-methyl/N-ethyl adjacent to an activating group) is 1. The van der Waals surface area contributed by atoms with Gasteiger partial charge in [0.1, 0.15) is 5.75 Å². The second kappa shape index (κ2) is 5.51. The van der Waals surface area contributed by atoms with Crippen LogP contribution in [0.4, 0.5) is 0 Å². The predicted molar refractivity (Wildman–Crippen MR) is 63.6 cm³/mol. The normalized spacial score (nSPS) is 12.0. The minimum atomic E-state index is -0.361. The van der Waals surface area contributed by atoms with Gasteiger partial charge in [-0.05, 0) is 13.0 Å². The molecule has 0 aromatic heterocycles. The lowest BCUT2D eigenvalue weighted by molar-refractivity contribution is -0.121. The van der Waals surface area contributed by atoms with Crippen molar-refractivity contribution in [2.45, 2.75) is 12.8 Å². The van der Waals surface area contributed by atoms with Gasteiger partial charge in [-0.25, -0.2) is 0 Å². The third-order valence-corrected chi connectivity index (χ3v) is 2.56. The molecular formula is C12H18N2O2. The maximum atomic E-state index is 11.7. The fraction of sp³-hybridized carbons (Fsp3) is 0.417. The van der Waals surface area contributed by atoms with Crippen molar-refractivity contribution in [1.29, 1.82) is 0 Å². The number of rotatable bonds is 4. The molecule has 1 rings (SSSR count). The van der Waals surface area contributed by atoms with Gasteiger partial charge in [-0.2, -0.15) is 0 Å². The molecule has 4 nitrogen and oxygen atoms in total. The van der Waals surface area contributed by atoms with Crippen molar-refractivity contribution in [2.24, 2.45) is 5.73 Å². The van der Waals surface area contributed by atoms with E-state index >= 15 is 0 Å². The molecule has 0 saturated carbocycles. The summed E-state index contributed by atoms with van der Waals surface area (Å²) >= 11 is 0. The number of carbonyl (C=O) groups is 1. The zero-order chi connectivity index (χ0) is 12.1. The molecule has 1 atom stereocenters. The Bertz CT molecular complexity index is 377. The molecule has 3 N–H and O–H groups in total. The van der Waals surface area contributed by atoms with Gasteiger partial charge in [-0.15, -0.1) is 0 Å². The molecule has 0 fully saturated rings. The molecule has 88 valence electrons. The topological polar surface area (TPSA) is 64.4 Å². The Morgan fingerprint density at radius 2 is 2.25 bits per heavy atom. The number of benzene rings is 1. The highest BCUT2D eigenvalue weighted by Crippen LogP contribution is 2.27. The van der Waals surface area contributed by atoms with Gasteiger partial charge in [-0.3, -0.25) is 4.79 Å². The van der Waals surface area contributed by atoms with Gasteiger partial charge in [0.05, 0.1) is 13.0 Å². The molecule has 1 amide bonds. The summed E-state index contributed by atoms with van der Waals surface area (Å²) < 4.78 is 5.24. The molecule has 1 aromatic carbocycles. The monoisotopic (exact) mass is 222 g/mol. The van der Waals surface area contributed by atoms with E-state index in [4.69, 9.17) is 10.5 Å². The maximum Gasteiger partial charge on any atom is 0.228 e. The number of hydrogen-bond acceptors (Lipinski definition) is 3.